The third kappa shape index (κ3) is 4.11. The highest BCUT2D eigenvalue weighted by molar-refractivity contribution is 9.10. The van der Waals surface area contributed by atoms with Crippen molar-refractivity contribution in [3.63, 3.8) is 0 Å². The maximum absolute atomic E-state index is 12.3. The summed E-state index contributed by atoms with van der Waals surface area (Å²) in [6.07, 6.45) is 2.09. The number of methoxy groups -OCH3 is 1. The first kappa shape index (κ1) is 16.1. The number of nitrogens with one attached hydrogen (secondary N) is 2. The average molecular weight is 357 g/mol. The maximum atomic E-state index is 12.3. The molecule has 1 atom stereocenters. The molecule has 1 saturated heterocycles. The van der Waals surface area contributed by atoms with Crippen LogP contribution in [-0.2, 0) is 0 Å². The lowest BCUT2D eigenvalue weighted by molar-refractivity contribution is 0.0930. The Hall–Kier alpha value is -1.27. The van der Waals surface area contributed by atoms with Gasteiger partial charge in [0.2, 0.25) is 0 Å². The fourth-order valence-corrected chi connectivity index (χ4v) is 2.94. The Morgan fingerprint density at radius 1 is 1.52 bits per heavy atom. The molecule has 1 aliphatic rings. The number of piperidine rings is 1. The summed E-state index contributed by atoms with van der Waals surface area (Å²) in [5.74, 6) is 1.08. The quantitative estimate of drug-likeness (QED) is 0.849. The van der Waals surface area contributed by atoms with Crippen molar-refractivity contribution >= 4 is 21.8 Å². The number of carbonyl (C=O) groups is 1. The molecule has 116 valence electrons. The van der Waals surface area contributed by atoms with E-state index in [9.17, 15) is 4.79 Å². The van der Waals surface area contributed by atoms with Crippen LogP contribution < -0.4 is 20.1 Å². The second-order valence-electron chi connectivity index (χ2n) is 4.94. The fraction of sp³-hybridized carbons (Fsp3) is 0.533. The van der Waals surface area contributed by atoms with Crippen molar-refractivity contribution in [3.8, 4) is 11.5 Å². The van der Waals surface area contributed by atoms with Crippen LogP contribution in [0.2, 0.25) is 0 Å². The topological polar surface area (TPSA) is 59.6 Å². The minimum absolute atomic E-state index is 0.0919. The van der Waals surface area contributed by atoms with Gasteiger partial charge in [0, 0.05) is 18.2 Å². The Morgan fingerprint density at radius 2 is 2.33 bits per heavy atom. The van der Waals surface area contributed by atoms with Gasteiger partial charge in [-0.25, -0.2) is 0 Å². The lowest BCUT2D eigenvalue weighted by atomic mass is 10.1. The Balaban J connectivity index is 2.15. The van der Waals surface area contributed by atoms with E-state index in [0.717, 1.165) is 30.4 Å². The van der Waals surface area contributed by atoms with E-state index in [-0.39, 0.29) is 11.9 Å². The van der Waals surface area contributed by atoms with E-state index >= 15 is 0 Å². The van der Waals surface area contributed by atoms with Crippen LogP contribution in [0.1, 0.15) is 30.1 Å². The highest BCUT2D eigenvalue weighted by Crippen LogP contribution is 2.36. The summed E-state index contributed by atoms with van der Waals surface area (Å²) in [5, 5.41) is 6.33. The second-order valence-corrected chi connectivity index (χ2v) is 5.79. The second kappa shape index (κ2) is 7.66. The van der Waals surface area contributed by atoms with Crippen LogP contribution in [-0.4, -0.2) is 38.8 Å². The predicted molar refractivity (Wildman–Crippen MR) is 85.2 cm³/mol. The third-order valence-corrected chi connectivity index (χ3v) is 4.00. The van der Waals surface area contributed by atoms with Gasteiger partial charge in [0.05, 0.1) is 18.2 Å². The summed E-state index contributed by atoms with van der Waals surface area (Å²) in [7, 11) is 1.57. The number of carbonyl (C=O) groups excluding carboxylic acids is 1. The van der Waals surface area contributed by atoms with Crippen molar-refractivity contribution in [1.29, 1.82) is 0 Å². The molecule has 0 saturated carbocycles. The van der Waals surface area contributed by atoms with Gasteiger partial charge >= 0.3 is 0 Å². The van der Waals surface area contributed by atoms with Crippen molar-refractivity contribution in [2.24, 2.45) is 0 Å². The number of amides is 1. The molecule has 1 aromatic rings. The highest BCUT2D eigenvalue weighted by atomic mass is 79.9. The van der Waals surface area contributed by atoms with E-state index in [1.54, 1.807) is 19.2 Å². The van der Waals surface area contributed by atoms with E-state index in [2.05, 4.69) is 26.6 Å². The normalized spacial score (nSPS) is 18.1. The minimum atomic E-state index is -0.0919. The number of benzene rings is 1. The molecule has 6 heteroatoms. The Kier molecular flexibility index (Phi) is 5.87. The lowest BCUT2D eigenvalue weighted by Crippen LogP contribution is -2.45. The van der Waals surface area contributed by atoms with Gasteiger partial charge in [-0.2, -0.15) is 0 Å². The summed E-state index contributed by atoms with van der Waals surface area (Å²) >= 11 is 3.44. The van der Waals surface area contributed by atoms with Gasteiger partial charge in [-0.1, -0.05) is 0 Å². The average Bonchev–Trinajstić information content (AvgIpc) is 2.50. The van der Waals surface area contributed by atoms with Crippen LogP contribution in [0.25, 0.3) is 0 Å². The molecule has 1 amide bonds. The van der Waals surface area contributed by atoms with Gasteiger partial charge in [0.15, 0.2) is 11.5 Å². The molecule has 2 rings (SSSR count). The molecule has 1 heterocycles. The van der Waals surface area contributed by atoms with Crippen molar-refractivity contribution in [2.45, 2.75) is 25.8 Å². The van der Waals surface area contributed by atoms with Crippen molar-refractivity contribution < 1.29 is 14.3 Å². The van der Waals surface area contributed by atoms with Crippen molar-refractivity contribution in [2.75, 3.05) is 26.8 Å². The first-order valence-corrected chi connectivity index (χ1v) is 7.97. The van der Waals surface area contributed by atoms with Crippen LogP contribution in [0, 0.1) is 0 Å². The molecule has 0 spiro atoms. The van der Waals surface area contributed by atoms with E-state index in [1.165, 1.54) is 0 Å². The van der Waals surface area contributed by atoms with Gasteiger partial charge in [0.25, 0.3) is 5.91 Å². The predicted octanol–water partition coefficient (Wildman–Crippen LogP) is 2.34. The van der Waals surface area contributed by atoms with Crippen LogP contribution in [0.3, 0.4) is 0 Å². The summed E-state index contributed by atoms with van der Waals surface area (Å²) in [4.78, 5) is 12.3. The van der Waals surface area contributed by atoms with Crippen molar-refractivity contribution in [1.82, 2.24) is 10.6 Å². The van der Waals surface area contributed by atoms with Gasteiger partial charge in [-0.15, -0.1) is 0 Å². The first-order valence-electron chi connectivity index (χ1n) is 7.17. The van der Waals surface area contributed by atoms with E-state index in [0.29, 0.717) is 23.7 Å². The number of hydrogen-bond acceptors (Lipinski definition) is 4. The lowest BCUT2D eigenvalue weighted by Gasteiger charge is -2.24. The molecule has 0 radical (unpaired) electrons. The summed E-state index contributed by atoms with van der Waals surface area (Å²) in [6.45, 7) is 4.28. The van der Waals surface area contributed by atoms with Crippen LogP contribution >= 0.6 is 15.9 Å². The minimum Gasteiger partial charge on any atom is -0.493 e. The molecule has 1 aromatic carbocycles. The Morgan fingerprint density at radius 3 is 2.95 bits per heavy atom. The maximum Gasteiger partial charge on any atom is 0.251 e. The number of hydrogen-bond donors (Lipinski definition) is 2. The zero-order chi connectivity index (χ0) is 15.2. The summed E-state index contributed by atoms with van der Waals surface area (Å²) < 4.78 is 11.6. The molecule has 0 bridgehead atoms. The van der Waals surface area contributed by atoms with Gasteiger partial charge < -0.3 is 20.1 Å². The molecular formula is C15H21BrN2O3. The van der Waals surface area contributed by atoms with E-state index in [1.807, 2.05) is 6.92 Å². The van der Waals surface area contributed by atoms with Crippen LogP contribution in [0.4, 0.5) is 0 Å². The zero-order valence-electron chi connectivity index (χ0n) is 12.4. The molecule has 5 nitrogen and oxygen atoms in total. The Bertz CT molecular complexity index is 502. The monoisotopic (exact) mass is 356 g/mol. The first-order chi connectivity index (χ1) is 10.2. The fourth-order valence-electron chi connectivity index (χ4n) is 2.38. The number of rotatable bonds is 5. The number of ether oxygens (including phenoxy) is 2. The third-order valence-electron chi connectivity index (χ3n) is 3.41. The van der Waals surface area contributed by atoms with Crippen molar-refractivity contribution in [3.05, 3.63) is 22.2 Å². The standard InChI is InChI=1S/C15H21BrN2O3/c1-3-21-14-12(16)7-10(8-13(14)20-2)15(19)18-11-5-4-6-17-9-11/h7-8,11,17H,3-6,9H2,1-2H3,(H,18,19). The molecule has 2 N–H and O–H groups in total. The molecule has 1 aliphatic heterocycles. The molecule has 0 aliphatic carbocycles. The highest BCUT2D eigenvalue weighted by Gasteiger charge is 2.19. The Labute approximate surface area is 133 Å². The molecule has 21 heavy (non-hydrogen) atoms. The summed E-state index contributed by atoms with van der Waals surface area (Å²) in [5.41, 5.74) is 0.563. The van der Waals surface area contributed by atoms with Gasteiger partial charge in [-0.3, -0.25) is 4.79 Å². The largest absolute Gasteiger partial charge is 0.493 e. The molecule has 0 aromatic heterocycles. The summed E-state index contributed by atoms with van der Waals surface area (Å²) in [6, 6.07) is 3.66. The molecule has 1 fully saturated rings. The molecular weight excluding hydrogens is 336 g/mol. The van der Waals surface area contributed by atoms with Crippen LogP contribution in [0.5, 0.6) is 11.5 Å². The van der Waals surface area contributed by atoms with E-state index < -0.39 is 0 Å². The SMILES string of the molecule is CCOc1c(Br)cc(C(=O)NC2CCCNC2)cc1OC. The van der Waals surface area contributed by atoms with Crippen LogP contribution in [0.15, 0.2) is 16.6 Å². The molecule has 1 unspecified atom stereocenters. The van der Waals surface area contributed by atoms with E-state index in [4.69, 9.17) is 9.47 Å². The smallest absolute Gasteiger partial charge is 0.251 e. The zero-order valence-corrected chi connectivity index (χ0v) is 14.0. The van der Waals surface area contributed by atoms with Gasteiger partial charge in [0.1, 0.15) is 0 Å². The number of halogens is 1. The van der Waals surface area contributed by atoms with Gasteiger partial charge in [-0.05, 0) is 54.4 Å².